The molecule has 0 aromatic heterocycles. The fourth-order valence-corrected chi connectivity index (χ4v) is 0.950. The van der Waals surface area contributed by atoms with Gasteiger partial charge in [0.1, 0.15) is 12.5 Å². The second-order valence-corrected chi connectivity index (χ2v) is 2.56. The minimum absolute atomic E-state index is 0.125. The summed E-state index contributed by atoms with van der Waals surface area (Å²) in [6.07, 6.45) is 7.67. The van der Waals surface area contributed by atoms with Crippen LogP contribution in [0.2, 0.25) is 0 Å². The number of hydrogen-bond acceptors (Lipinski definition) is 3. The van der Waals surface area contributed by atoms with Crippen molar-refractivity contribution in [3.8, 4) is 0 Å². The van der Waals surface area contributed by atoms with Crippen LogP contribution in [0.1, 0.15) is 12.8 Å². The SMILES string of the molecule is O=CCCCN1C=COC=CC1=O. The first kappa shape index (κ1) is 9.51. The molecule has 4 nitrogen and oxygen atoms in total. The summed E-state index contributed by atoms with van der Waals surface area (Å²) in [5, 5.41) is 0. The van der Waals surface area contributed by atoms with Gasteiger partial charge in [-0.05, 0) is 6.42 Å². The van der Waals surface area contributed by atoms with Crippen molar-refractivity contribution in [2.75, 3.05) is 6.54 Å². The Kier molecular flexibility index (Phi) is 3.75. The fourth-order valence-electron chi connectivity index (χ4n) is 0.950. The molecule has 13 heavy (non-hydrogen) atoms. The van der Waals surface area contributed by atoms with Crippen molar-refractivity contribution < 1.29 is 14.3 Å². The van der Waals surface area contributed by atoms with Gasteiger partial charge in [-0.1, -0.05) is 0 Å². The number of carbonyl (C=O) groups excluding carboxylic acids is 2. The Morgan fingerprint density at radius 3 is 3.08 bits per heavy atom. The Balaban J connectivity index is 2.42. The Morgan fingerprint density at radius 2 is 2.31 bits per heavy atom. The zero-order chi connectivity index (χ0) is 9.52. The predicted molar refractivity (Wildman–Crippen MR) is 46.4 cm³/mol. The molecule has 0 unspecified atom stereocenters. The van der Waals surface area contributed by atoms with Crippen molar-refractivity contribution in [2.24, 2.45) is 0 Å². The van der Waals surface area contributed by atoms with Gasteiger partial charge in [0.25, 0.3) is 5.91 Å². The first-order valence-corrected chi connectivity index (χ1v) is 4.07. The van der Waals surface area contributed by atoms with Crippen LogP contribution < -0.4 is 0 Å². The van der Waals surface area contributed by atoms with Gasteiger partial charge in [0.2, 0.25) is 0 Å². The lowest BCUT2D eigenvalue weighted by atomic mass is 10.3. The zero-order valence-corrected chi connectivity index (χ0v) is 7.18. The molecule has 0 bridgehead atoms. The third kappa shape index (κ3) is 3.11. The van der Waals surface area contributed by atoms with E-state index < -0.39 is 0 Å². The smallest absolute Gasteiger partial charge is 0.253 e. The molecular weight excluding hydrogens is 170 g/mol. The number of aldehydes is 1. The summed E-state index contributed by atoms with van der Waals surface area (Å²) in [5.74, 6) is -0.125. The minimum Gasteiger partial charge on any atom is -0.471 e. The fraction of sp³-hybridized carbons (Fsp3) is 0.333. The Labute approximate surface area is 76.5 Å². The van der Waals surface area contributed by atoms with Gasteiger partial charge in [0, 0.05) is 25.2 Å². The molecular formula is C9H11NO3. The molecule has 0 saturated carbocycles. The highest BCUT2D eigenvalue weighted by molar-refractivity contribution is 5.88. The van der Waals surface area contributed by atoms with Crippen molar-refractivity contribution in [3.05, 3.63) is 24.8 Å². The number of amides is 1. The van der Waals surface area contributed by atoms with Crippen molar-refractivity contribution in [3.63, 3.8) is 0 Å². The summed E-state index contributed by atoms with van der Waals surface area (Å²) >= 11 is 0. The number of ether oxygens (including phenoxy) is 1. The van der Waals surface area contributed by atoms with Crippen LogP contribution in [-0.4, -0.2) is 23.6 Å². The normalized spacial score (nSPS) is 15.4. The highest BCUT2D eigenvalue weighted by atomic mass is 16.5. The lowest BCUT2D eigenvalue weighted by Gasteiger charge is -2.13. The van der Waals surface area contributed by atoms with Crippen molar-refractivity contribution in [1.82, 2.24) is 4.90 Å². The number of carbonyl (C=O) groups is 2. The molecule has 1 aliphatic heterocycles. The third-order valence-electron chi connectivity index (χ3n) is 1.61. The summed E-state index contributed by atoms with van der Waals surface area (Å²) in [6, 6.07) is 0. The van der Waals surface area contributed by atoms with Gasteiger partial charge in [-0.25, -0.2) is 0 Å². The van der Waals surface area contributed by atoms with Crippen LogP contribution in [0.4, 0.5) is 0 Å². The summed E-state index contributed by atoms with van der Waals surface area (Å²) in [4.78, 5) is 22.8. The zero-order valence-electron chi connectivity index (χ0n) is 7.18. The van der Waals surface area contributed by atoms with E-state index >= 15 is 0 Å². The standard InChI is InChI=1S/C9H11NO3/c11-6-2-1-4-10-5-8-13-7-3-9(10)12/h3,5-8H,1-2,4H2. The summed E-state index contributed by atoms with van der Waals surface area (Å²) in [5.41, 5.74) is 0. The van der Waals surface area contributed by atoms with E-state index in [-0.39, 0.29) is 5.91 Å². The minimum atomic E-state index is -0.125. The Hall–Kier alpha value is -1.58. The van der Waals surface area contributed by atoms with Crippen LogP contribution in [0, 0.1) is 0 Å². The van der Waals surface area contributed by atoms with Gasteiger partial charge in [-0.3, -0.25) is 4.79 Å². The summed E-state index contributed by atoms with van der Waals surface area (Å²) in [7, 11) is 0. The van der Waals surface area contributed by atoms with Gasteiger partial charge < -0.3 is 14.4 Å². The van der Waals surface area contributed by atoms with Crippen LogP contribution in [0.25, 0.3) is 0 Å². The van der Waals surface area contributed by atoms with Gasteiger partial charge >= 0.3 is 0 Å². The molecule has 4 heteroatoms. The Morgan fingerprint density at radius 1 is 1.46 bits per heavy atom. The molecule has 0 atom stereocenters. The average molecular weight is 181 g/mol. The lowest BCUT2D eigenvalue weighted by Crippen LogP contribution is -2.24. The second-order valence-electron chi connectivity index (χ2n) is 2.56. The number of rotatable bonds is 4. The topological polar surface area (TPSA) is 46.6 Å². The molecule has 0 fully saturated rings. The highest BCUT2D eigenvalue weighted by Crippen LogP contribution is 2.01. The second kappa shape index (κ2) is 5.13. The maximum absolute atomic E-state index is 11.2. The van der Waals surface area contributed by atoms with E-state index in [0.29, 0.717) is 19.4 Å². The molecule has 0 saturated heterocycles. The van der Waals surface area contributed by atoms with Crippen molar-refractivity contribution in [2.45, 2.75) is 12.8 Å². The van der Waals surface area contributed by atoms with E-state index in [4.69, 9.17) is 4.74 Å². The van der Waals surface area contributed by atoms with Crippen LogP contribution in [-0.2, 0) is 14.3 Å². The molecule has 0 aromatic rings. The Bertz CT molecular complexity index is 245. The van der Waals surface area contributed by atoms with Crippen LogP contribution in [0.3, 0.4) is 0 Å². The van der Waals surface area contributed by atoms with Crippen LogP contribution in [0.5, 0.6) is 0 Å². The van der Waals surface area contributed by atoms with Crippen molar-refractivity contribution >= 4 is 12.2 Å². The van der Waals surface area contributed by atoms with Crippen LogP contribution in [0.15, 0.2) is 24.8 Å². The molecule has 1 aliphatic rings. The molecule has 0 N–H and O–H groups in total. The molecule has 0 spiro atoms. The molecule has 0 radical (unpaired) electrons. The molecule has 70 valence electrons. The summed E-state index contributed by atoms with van der Waals surface area (Å²) < 4.78 is 4.81. The van der Waals surface area contributed by atoms with E-state index in [0.717, 1.165) is 6.29 Å². The maximum atomic E-state index is 11.2. The predicted octanol–water partition coefficient (Wildman–Crippen LogP) is 0.809. The monoisotopic (exact) mass is 181 g/mol. The van der Waals surface area contributed by atoms with E-state index in [1.165, 1.54) is 23.5 Å². The lowest BCUT2D eigenvalue weighted by molar-refractivity contribution is -0.123. The number of unbranched alkanes of at least 4 members (excludes halogenated alkanes) is 1. The van der Waals surface area contributed by atoms with E-state index in [2.05, 4.69) is 0 Å². The maximum Gasteiger partial charge on any atom is 0.253 e. The van der Waals surface area contributed by atoms with E-state index in [1.807, 2.05) is 0 Å². The van der Waals surface area contributed by atoms with Gasteiger partial charge in [-0.15, -0.1) is 0 Å². The summed E-state index contributed by atoms with van der Waals surface area (Å²) in [6.45, 7) is 0.543. The molecule has 1 heterocycles. The largest absolute Gasteiger partial charge is 0.471 e. The highest BCUT2D eigenvalue weighted by Gasteiger charge is 2.08. The molecule has 1 rings (SSSR count). The van der Waals surface area contributed by atoms with Gasteiger partial charge in [-0.2, -0.15) is 0 Å². The first-order valence-electron chi connectivity index (χ1n) is 4.07. The van der Waals surface area contributed by atoms with E-state index in [9.17, 15) is 9.59 Å². The van der Waals surface area contributed by atoms with Crippen molar-refractivity contribution in [1.29, 1.82) is 0 Å². The first-order chi connectivity index (χ1) is 6.34. The number of nitrogens with zero attached hydrogens (tertiary/aromatic N) is 1. The third-order valence-corrected chi connectivity index (χ3v) is 1.61. The van der Waals surface area contributed by atoms with Crippen LogP contribution >= 0.6 is 0 Å². The van der Waals surface area contributed by atoms with Gasteiger partial charge in [0.15, 0.2) is 0 Å². The average Bonchev–Trinajstić information content (AvgIpc) is 2.32. The molecule has 1 amide bonds. The van der Waals surface area contributed by atoms with Gasteiger partial charge in [0.05, 0.1) is 6.26 Å². The molecule has 0 aliphatic carbocycles. The quantitative estimate of drug-likeness (QED) is 0.476. The van der Waals surface area contributed by atoms with E-state index in [1.54, 1.807) is 6.20 Å². The number of hydrogen-bond donors (Lipinski definition) is 0. The molecule has 0 aromatic carbocycles.